The molecule has 0 bridgehead atoms. The fraction of sp³-hybridized carbons (Fsp3) is 0.786. The summed E-state index contributed by atoms with van der Waals surface area (Å²) in [5.74, 6) is -0.790. The fourth-order valence-corrected chi connectivity index (χ4v) is 2.95. The summed E-state index contributed by atoms with van der Waals surface area (Å²) in [5.41, 5.74) is 0. The number of carbonyl (C=O) groups is 3. The number of rotatable bonds is 3. The molecule has 2 N–H and O–H groups in total. The number of nitrogens with zero attached hydrogens (tertiary/aromatic N) is 2. The maximum atomic E-state index is 12.1. The van der Waals surface area contributed by atoms with Gasteiger partial charge in [-0.25, -0.2) is 9.59 Å². The second kappa shape index (κ2) is 6.78. The first-order chi connectivity index (χ1) is 9.99. The summed E-state index contributed by atoms with van der Waals surface area (Å²) < 4.78 is 0. The third kappa shape index (κ3) is 3.86. The van der Waals surface area contributed by atoms with Gasteiger partial charge in [-0.1, -0.05) is 6.92 Å². The minimum absolute atomic E-state index is 0.0583. The van der Waals surface area contributed by atoms with Gasteiger partial charge in [0.1, 0.15) is 6.04 Å². The molecule has 7 heteroatoms. The van der Waals surface area contributed by atoms with Crippen molar-refractivity contribution < 1.29 is 19.5 Å². The summed E-state index contributed by atoms with van der Waals surface area (Å²) in [6, 6.07) is -1.25. The van der Waals surface area contributed by atoms with Crippen LogP contribution >= 0.6 is 0 Å². The highest BCUT2D eigenvalue weighted by Gasteiger charge is 2.35. The number of hydrogen-bond acceptors (Lipinski definition) is 3. The number of amides is 3. The Bertz CT molecular complexity index is 420. The molecule has 2 fully saturated rings. The molecule has 2 atom stereocenters. The van der Waals surface area contributed by atoms with Crippen LogP contribution in [0.4, 0.5) is 4.79 Å². The first kappa shape index (κ1) is 15.6. The molecule has 2 heterocycles. The number of nitrogens with one attached hydrogen (secondary N) is 1. The van der Waals surface area contributed by atoms with Gasteiger partial charge in [0.05, 0.1) is 6.54 Å². The van der Waals surface area contributed by atoms with Crippen molar-refractivity contribution in [3.63, 3.8) is 0 Å². The summed E-state index contributed by atoms with van der Waals surface area (Å²) in [6.45, 7) is 3.84. The largest absolute Gasteiger partial charge is 0.480 e. The fourth-order valence-electron chi connectivity index (χ4n) is 2.95. The van der Waals surface area contributed by atoms with Crippen LogP contribution in [-0.4, -0.2) is 65.0 Å². The van der Waals surface area contributed by atoms with Crippen LogP contribution in [0.1, 0.15) is 32.6 Å². The van der Waals surface area contributed by atoms with E-state index in [0.29, 0.717) is 18.9 Å². The van der Waals surface area contributed by atoms with Gasteiger partial charge < -0.3 is 20.2 Å². The van der Waals surface area contributed by atoms with Crippen LogP contribution in [-0.2, 0) is 9.59 Å². The van der Waals surface area contributed by atoms with Crippen LogP contribution in [0.25, 0.3) is 0 Å². The summed E-state index contributed by atoms with van der Waals surface area (Å²) in [5, 5.41) is 11.8. The lowest BCUT2D eigenvalue weighted by Crippen LogP contribution is -2.54. The van der Waals surface area contributed by atoms with E-state index < -0.39 is 18.0 Å². The van der Waals surface area contributed by atoms with Crippen molar-refractivity contribution in [1.29, 1.82) is 0 Å². The van der Waals surface area contributed by atoms with Crippen molar-refractivity contribution in [2.24, 2.45) is 5.92 Å². The van der Waals surface area contributed by atoms with Gasteiger partial charge in [0.2, 0.25) is 5.91 Å². The predicted molar refractivity (Wildman–Crippen MR) is 75.7 cm³/mol. The summed E-state index contributed by atoms with van der Waals surface area (Å²) >= 11 is 0. The molecule has 0 radical (unpaired) electrons. The highest BCUT2D eigenvalue weighted by molar-refractivity contribution is 5.87. The Morgan fingerprint density at radius 3 is 2.48 bits per heavy atom. The van der Waals surface area contributed by atoms with Gasteiger partial charge in [0, 0.05) is 19.6 Å². The van der Waals surface area contributed by atoms with E-state index in [1.807, 2.05) is 6.92 Å². The Labute approximate surface area is 124 Å². The van der Waals surface area contributed by atoms with E-state index in [-0.39, 0.29) is 12.5 Å². The molecule has 2 aliphatic rings. The van der Waals surface area contributed by atoms with Crippen LogP contribution in [0, 0.1) is 5.92 Å². The quantitative estimate of drug-likeness (QED) is 0.794. The lowest BCUT2D eigenvalue weighted by atomic mass is 9.93. The van der Waals surface area contributed by atoms with Crippen LogP contribution in [0.3, 0.4) is 0 Å². The van der Waals surface area contributed by atoms with Crippen LogP contribution < -0.4 is 5.32 Å². The Kier molecular flexibility index (Phi) is 5.03. The molecular formula is C14H23N3O4. The summed E-state index contributed by atoms with van der Waals surface area (Å²) in [7, 11) is 0. The minimum atomic E-state index is -0.984. The monoisotopic (exact) mass is 297 g/mol. The lowest BCUT2D eigenvalue weighted by molar-refractivity contribution is -0.143. The van der Waals surface area contributed by atoms with Gasteiger partial charge in [-0.2, -0.15) is 0 Å². The van der Waals surface area contributed by atoms with Crippen LogP contribution in [0.5, 0.6) is 0 Å². The molecule has 2 unspecified atom stereocenters. The maximum Gasteiger partial charge on any atom is 0.326 e. The van der Waals surface area contributed by atoms with Crippen molar-refractivity contribution in [2.45, 2.75) is 38.6 Å². The molecule has 2 rings (SSSR count). The first-order valence-corrected chi connectivity index (χ1v) is 7.54. The Hall–Kier alpha value is -1.79. The molecule has 0 spiro atoms. The highest BCUT2D eigenvalue weighted by Crippen LogP contribution is 2.22. The molecule has 0 aromatic rings. The second-order valence-electron chi connectivity index (χ2n) is 5.92. The van der Waals surface area contributed by atoms with Crippen molar-refractivity contribution in [3.05, 3.63) is 0 Å². The molecule has 3 amide bonds. The SMILES string of the molecule is CC1CCN(C(=O)NCC(=O)N2CCCC2)C(C(=O)O)C1. The predicted octanol–water partition coefficient (Wildman–Crippen LogP) is 0.504. The summed E-state index contributed by atoms with van der Waals surface area (Å²) in [4.78, 5) is 38.3. The van der Waals surface area contributed by atoms with Gasteiger partial charge in [-0.15, -0.1) is 0 Å². The number of piperidine rings is 1. The number of aliphatic carboxylic acids is 1. The Morgan fingerprint density at radius 1 is 1.19 bits per heavy atom. The molecule has 2 aliphatic heterocycles. The van der Waals surface area contributed by atoms with E-state index in [9.17, 15) is 19.5 Å². The average Bonchev–Trinajstić information content (AvgIpc) is 2.98. The van der Waals surface area contributed by atoms with E-state index in [2.05, 4.69) is 5.32 Å². The van der Waals surface area contributed by atoms with Crippen LogP contribution in [0.15, 0.2) is 0 Å². The molecule has 7 nitrogen and oxygen atoms in total. The van der Waals surface area contributed by atoms with E-state index in [1.54, 1.807) is 4.90 Å². The number of carboxylic acid groups (broad SMARTS) is 1. The van der Waals surface area contributed by atoms with E-state index in [0.717, 1.165) is 32.4 Å². The normalized spacial score (nSPS) is 25.8. The number of hydrogen-bond donors (Lipinski definition) is 2. The molecular weight excluding hydrogens is 274 g/mol. The third-order valence-corrected chi connectivity index (χ3v) is 4.26. The maximum absolute atomic E-state index is 12.1. The summed E-state index contributed by atoms with van der Waals surface area (Å²) in [6.07, 6.45) is 3.26. The topological polar surface area (TPSA) is 90.0 Å². The van der Waals surface area contributed by atoms with Crippen molar-refractivity contribution >= 4 is 17.9 Å². The molecule has 2 saturated heterocycles. The number of carbonyl (C=O) groups excluding carboxylic acids is 2. The second-order valence-corrected chi connectivity index (χ2v) is 5.92. The van der Waals surface area contributed by atoms with Crippen LogP contribution in [0.2, 0.25) is 0 Å². The molecule has 0 aromatic heterocycles. The molecule has 0 aliphatic carbocycles. The van der Waals surface area contributed by atoms with Gasteiger partial charge >= 0.3 is 12.0 Å². The zero-order valence-corrected chi connectivity index (χ0v) is 12.4. The zero-order valence-electron chi connectivity index (χ0n) is 12.4. The highest BCUT2D eigenvalue weighted by atomic mass is 16.4. The standard InChI is InChI=1S/C14H23N3O4/c1-10-4-7-17(11(8-10)13(19)20)14(21)15-9-12(18)16-5-2-3-6-16/h10-11H,2-9H2,1H3,(H,15,21)(H,19,20). The van der Waals surface area contributed by atoms with Crippen molar-refractivity contribution in [1.82, 2.24) is 15.1 Å². The average molecular weight is 297 g/mol. The van der Waals surface area contributed by atoms with Gasteiger partial charge in [-0.3, -0.25) is 4.79 Å². The van der Waals surface area contributed by atoms with E-state index in [1.165, 1.54) is 4.90 Å². The molecule has 21 heavy (non-hydrogen) atoms. The minimum Gasteiger partial charge on any atom is -0.480 e. The zero-order chi connectivity index (χ0) is 15.4. The van der Waals surface area contributed by atoms with E-state index in [4.69, 9.17) is 0 Å². The van der Waals surface area contributed by atoms with Crippen molar-refractivity contribution in [3.8, 4) is 0 Å². The first-order valence-electron chi connectivity index (χ1n) is 7.54. The Balaban J connectivity index is 1.86. The third-order valence-electron chi connectivity index (χ3n) is 4.26. The smallest absolute Gasteiger partial charge is 0.326 e. The number of likely N-dealkylation sites (tertiary alicyclic amines) is 2. The molecule has 0 saturated carbocycles. The molecule has 118 valence electrons. The van der Waals surface area contributed by atoms with Gasteiger partial charge in [0.15, 0.2) is 0 Å². The van der Waals surface area contributed by atoms with Gasteiger partial charge in [0.25, 0.3) is 0 Å². The Morgan fingerprint density at radius 2 is 1.86 bits per heavy atom. The number of urea groups is 1. The van der Waals surface area contributed by atoms with Gasteiger partial charge in [-0.05, 0) is 31.6 Å². The van der Waals surface area contributed by atoms with Crippen molar-refractivity contribution in [2.75, 3.05) is 26.2 Å². The molecule has 0 aromatic carbocycles. The number of carboxylic acids is 1. The van der Waals surface area contributed by atoms with E-state index >= 15 is 0 Å². The lowest BCUT2D eigenvalue weighted by Gasteiger charge is -2.35.